The van der Waals surface area contributed by atoms with Gasteiger partial charge in [-0.15, -0.1) is 0 Å². The number of carbonyl (C=O) groups is 1. The van der Waals surface area contributed by atoms with E-state index in [0.717, 1.165) is 17.4 Å². The standard InChI is InChI=1S/C25H28N2O5S/c1-4-32-24-12-8-6-10-22(24)27(33(3,29)30)18-19-13-15-20(16-14-19)25(28)26-17-21-9-5-7-11-23(21)31-2/h5-16H,4,17-18H2,1-3H3,(H,26,28). The van der Waals surface area contributed by atoms with Crippen LogP contribution in [0.15, 0.2) is 72.8 Å². The monoisotopic (exact) mass is 468 g/mol. The molecule has 33 heavy (non-hydrogen) atoms. The lowest BCUT2D eigenvalue weighted by Gasteiger charge is -2.24. The lowest BCUT2D eigenvalue weighted by Crippen LogP contribution is -2.29. The van der Waals surface area contributed by atoms with Gasteiger partial charge >= 0.3 is 0 Å². The number of para-hydroxylation sites is 3. The van der Waals surface area contributed by atoms with Crippen molar-refractivity contribution in [3.8, 4) is 11.5 Å². The van der Waals surface area contributed by atoms with Crippen LogP contribution in [-0.4, -0.2) is 34.3 Å². The van der Waals surface area contributed by atoms with Crippen molar-refractivity contribution in [2.45, 2.75) is 20.0 Å². The third-order valence-corrected chi connectivity index (χ3v) is 6.13. The minimum atomic E-state index is -3.57. The maximum atomic E-state index is 12.6. The molecule has 0 aliphatic rings. The molecule has 174 valence electrons. The zero-order valence-electron chi connectivity index (χ0n) is 18.9. The van der Waals surface area contributed by atoms with Gasteiger partial charge in [-0.2, -0.15) is 0 Å². The Morgan fingerprint density at radius 3 is 2.21 bits per heavy atom. The Hall–Kier alpha value is -3.52. The van der Waals surface area contributed by atoms with Crippen molar-refractivity contribution in [1.82, 2.24) is 5.32 Å². The van der Waals surface area contributed by atoms with Gasteiger partial charge in [0.25, 0.3) is 5.91 Å². The van der Waals surface area contributed by atoms with E-state index < -0.39 is 10.0 Å². The summed E-state index contributed by atoms with van der Waals surface area (Å²) in [5.74, 6) is 0.980. The van der Waals surface area contributed by atoms with E-state index in [2.05, 4.69) is 5.32 Å². The molecule has 0 fully saturated rings. The Labute approximate surface area is 195 Å². The third-order valence-electron chi connectivity index (χ3n) is 5.01. The molecule has 0 spiro atoms. The average Bonchev–Trinajstić information content (AvgIpc) is 2.81. The van der Waals surface area contributed by atoms with E-state index in [-0.39, 0.29) is 12.5 Å². The summed E-state index contributed by atoms with van der Waals surface area (Å²) in [6.07, 6.45) is 1.16. The number of carbonyl (C=O) groups excluding carboxylic acids is 1. The fourth-order valence-corrected chi connectivity index (χ4v) is 4.27. The van der Waals surface area contributed by atoms with Gasteiger partial charge in [0.15, 0.2) is 0 Å². The quantitative estimate of drug-likeness (QED) is 0.486. The number of anilines is 1. The molecular formula is C25H28N2O5S. The highest BCUT2D eigenvalue weighted by Gasteiger charge is 2.21. The first-order chi connectivity index (χ1) is 15.8. The summed E-state index contributed by atoms with van der Waals surface area (Å²) in [6, 6.07) is 21.4. The number of amides is 1. The van der Waals surface area contributed by atoms with Crippen molar-refractivity contribution in [2.75, 3.05) is 24.3 Å². The zero-order valence-corrected chi connectivity index (χ0v) is 19.8. The molecule has 0 aliphatic heterocycles. The predicted octanol–water partition coefficient (Wildman–Crippen LogP) is 3.99. The topological polar surface area (TPSA) is 84.9 Å². The molecule has 1 N–H and O–H groups in total. The normalized spacial score (nSPS) is 11.0. The summed E-state index contributed by atoms with van der Waals surface area (Å²) in [5.41, 5.74) is 2.57. The van der Waals surface area contributed by atoms with E-state index in [0.29, 0.717) is 35.9 Å². The second-order valence-electron chi connectivity index (χ2n) is 7.36. The second kappa shape index (κ2) is 10.9. The largest absolute Gasteiger partial charge is 0.496 e. The minimum Gasteiger partial charge on any atom is -0.496 e. The van der Waals surface area contributed by atoms with Crippen molar-refractivity contribution in [1.29, 1.82) is 0 Å². The van der Waals surface area contributed by atoms with E-state index in [1.807, 2.05) is 31.2 Å². The maximum Gasteiger partial charge on any atom is 0.251 e. The van der Waals surface area contributed by atoms with Crippen molar-refractivity contribution in [3.63, 3.8) is 0 Å². The minimum absolute atomic E-state index is 0.117. The molecule has 0 saturated heterocycles. The lowest BCUT2D eigenvalue weighted by molar-refractivity contribution is 0.0950. The van der Waals surface area contributed by atoms with E-state index in [1.165, 1.54) is 4.31 Å². The van der Waals surface area contributed by atoms with Gasteiger partial charge in [0.2, 0.25) is 10.0 Å². The number of nitrogens with one attached hydrogen (secondary N) is 1. The number of rotatable bonds is 10. The van der Waals surface area contributed by atoms with Gasteiger partial charge in [0.1, 0.15) is 11.5 Å². The highest BCUT2D eigenvalue weighted by atomic mass is 32.2. The highest BCUT2D eigenvalue weighted by Crippen LogP contribution is 2.31. The van der Waals surface area contributed by atoms with Crippen LogP contribution < -0.4 is 19.1 Å². The number of methoxy groups -OCH3 is 1. The summed E-state index contributed by atoms with van der Waals surface area (Å²) in [6.45, 7) is 2.72. The Bertz CT molecular complexity index is 1190. The number of hydrogen-bond acceptors (Lipinski definition) is 5. The van der Waals surface area contributed by atoms with Crippen LogP contribution in [-0.2, 0) is 23.1 Å². The van der Waals surface area contributed by atoms with Crippen molar-refractivity contribution in [2.24, 2.45) is 0 Å². The van der Waals surface area contributed by atoms with Crippen LogP contribution in [0.3, 0.4) is 0 Å². The van der Waals surface area contributed by atoms with E-state index in [9.17, 15) is 13.2 Å². The van der Waals surface area contributed by atoms with Crippen molar-refractivity contribution in [3.05, 3.63) is 89.5 Å². The lowest BCUT2D eigenvalue weighted by atomic mass is 10.1. The molecule has 3 rings (SSSR count). The van der Waals surface area contributed by atoms with Crippen LogP contribution in [0.2, 0.25) is 0 Å². The van der Waals surface area contributed by atoms with E-state index >= 15 is 0 Å². The van der Waals surface area contributed by atoms with Gasteiger partial charge in [-0.1, -0.05) is 42.5 Å². The average molecular weight is 469 g/mol. The summed E-state index contributed by atoms with van der Waals surface area (Å²) in [4.78, 5) is 12.6. The first-order valence-electron chi connectivity index (χ1n) is 10.5. The molecule has 3 aromatic carbocycles. The van der Waals surface area contributed by atoms with Crippen LogP contribution in [0.5, 0.6) is 11.5 Å². The number of nitrogens with zero attached hydrogens (tertiary/aromatic N) is 1. The van der Waals surface area contributed by atoms with Crippen molar-refractivity contribution < 1.29 is 22.7 Å². The van der Waals surface area contributed by atoms with E-state index in [1.54, 1.807) is 55.6 Å². The summed E-state index contributed by atoms with van der Waals surface area (Å²) >= 11 is 0. The molecule has 8 heteroatoms. The molecule has 0 bridgehead atoms. The Balaban J connectivity index is 1.74. The molecule has 0 aromatic heterocycles. The van der Waals surface area contributed by atoms with Gasteiger partial charge < -0.3 is 14.8 Å². The molecule has 0 radical (unpaired) electrons. The number of benzene rings is 3. The third kappa shape index (κ3) is 6.26. The Morgan fingerprint density at radius 2 is 1.58 bits per heavy atom. The maximum absolute atomic E-state index is 12.6. The molecule has 0 aliphatic carbocycles. The van der Waals surface area contributed by atoms with Crippen LogP contribution in [0, 0.1) is 0 Å². The highest BCUT2D eigenvalue weighted by molar-refractivity contribution is 7.92. The molecular weight excluding hydrogens is 440 g/mol. The SMILES string of the molecule is CCOc1ccccc1N(Cc1ccc(C(=O)NCc2ccccc2OC)cc1)S(C)(=O)=O. The van der Waals surface area contributed by atoms with Crippen LogP contribution in [0.4, 0.5) is 5.69 Å². The molecule has 0 heterocycles. The van der Waals surface area contributed by atoms with Crippen LogP contribution in [0.25, 0.3) is 0 Å². The van der Waals surface area contributed by atoms with Gasteiger partial charge in [-0.3, -0.25) is 9.10 Å². The first kappa shape index (κ1) is 24.1. The molecule has 3 aromatic rings. The summed E-state index contributed by atoms with van der Waals surface area (Å²) < 4.78 is 37.3. The van der Waals surface area contributed by atoms with Gasteiger partial charge in [0.05, 0.1) is 32.2 Å². The van der Waals surface area contributed by atoms with Gasteiger partial charge in [-0.25, -0.2) is 8.42 Å². The fraction of sp³-hybridized carbons (Fsp3) is 0.240. The van der Waals surface area contributed by atoms with Gasteiger partial charge in [0, 0.05) is 17.7 Å². The molecule has 0 saturated carbocycles. The molecule has 0 atom stereocenters. The van der Waals surface area contributed by atoms with E-state index in [4.69, 9.17) is 9.47 Å². The predicted molar refractivity (Wildman–Crippen MR) is 129 cm³/mol. The zero-order chi connectivity index (χ0) is 23.8. The summed E-state index contributed by atoms with van der Waals surface area (Å²) in [7, 11) is -1.98. The number of ether oxygens (including phenoxy) is 2. The Kier molecular flexibility index (Phi) is 7.95. The second-order valence-corrected chi connectivity index (χ2v) is 9.27. The first-order valence-corrected chi connectivity index (χ1v) is 12.4. The van der Waals surface area contributed by atoms with Crippen LogP contribution in [0.1, 0.15) is 28.4 Å². The summed E-state index contributed by atoms with van der Waals surface area (Å²) in [5, 5.41) is 2.88. The Morgan fingerprint density at radius 1 is 0.939 bits per heavy atom. The fourth-order valence-electron chi connectivity index (χ4n) is 3.38. The van der Waals surface area contributed by atoms with Gasteiger partial charge in [-0.05, 0) is 42.8 Å². The smallest absolute Gasteiger partial charge is 0.251 e. The molecule has 7 nitrogen and oxygen atoms in total. The molecule has 1 amide bonds. The number of sulfonamides is 1. The molecule has 0 unspecified atom stereocenters. The van der Waals surface area contributed by atoms with Crippen LogP contribution >= 0.6 is 0 Å². The number of hydrogen-bond donors (Lipinski definition) is 1. The van der Waals surface area contributed by atoms with Crippen molar-refractivity contribution >= 4 is 21.6 Å².